The largest absolute Gasteiger partial charge is 0.344 e. The second-order valence-corrected chi connectivity index (χ2v) is 8.27. The predicted octanol–water partition coefficient (Wildman–Crippen LogP) is 6.00. The van der Waals surface area contributed by atoms with Crippen LogP contribution in [0.1, 0.15) is 34.6 Å². The van der Waals surface area contributed by atoms with Crippen molar-refractivity contribution in [3.05, 3.63) is 93.4 Å². The molecule has 0 saturated heterocycles. The van der Waals surface area contributed by atoms with Crippen LogP contribution in [0.4, 0.5) is 0 Å². The first kappa shape index (κ1) is 18.0. The first-order valence-electron chi connectivity index (χ1n) is 8.79. The minimum Gasteiger partial charge on any atom is -0.344 e. The average molecular weight is 439 g/mol. The Balaban J connectivity index is 1.68. The van der Waals surface area contributed by atoms with Gasteiger partial charge in [-0.05, 0) is 40.0 Å². The van der Waals surface area contributed by atoms with Gasteiger partial charge in [-0.1, -0.05) is 60.7 Å². The van der Waals surface area contributed by atoms with E-state index in [0.717, 1.165) is 20.3 Å². The van der Waals surface area contributed by atoms with Gasteiger partial charge < -0.3 is 9.88 Å². The molecule has 0 fully saturated rings. The van der Waals surface area contributed by atoms with Gasteiger partial charge in [0.05, 0.1) is 20.7 Å². The summed E-state index contributed by atoms with van der Waals surface area (Å²) in [4.78, 5) is 13.1. The molecule has 5 heteroatoms. The number of rotatable bonds is 5. The molecule has 0 aliphatic carbocycles. The maximum atomic E-state index is 13.1. The summed E-state index contributed by atoms with van der Waals surface area (Å²) in [5.41, 5.74) is 4.01. The number of benzene rings is 2. The Labute approximate surface area is 170 Å². The summed E-state index contributed by atoms with van der Waals surface area (Å²) in [6.45, 7) is 2.66. The summed E-state index contributed by atoms with van der Waals surface area (Å²) >= 11 is 5.28. The van der Waals surface area contributed by atoms with Crippen LogP contribution in [0, 0.1) is 0 Å². The van der Waals surface area contributed by atoms with Gasteiger partial charge in [-0.2, -0.15) is 0 Å². The van der Waals surface area contributed by atoms with Gasteiger partial charge in [-0.15, -0.1) is 11.3 Å². The lowest BCUT2D eigenvalue weighted by Crippen LogP contribution is -2.28. The second-order valence-electron chi connectivity index (χ2n) is 6.50. The van der Waals surface area contributed by atoms with Crippen LogP contribution in [0.15, 0.2) is 76.6 Å². The van der Waals surface area contributed by atoms with Crippen LogP contribution < -0.4 is 5.32 Å². The Kier molecular flexibility index (Phi) is 5.14. The first-order valence-corrected chi connectivity index (χ1v) is 10.5. The zero-order valence-electron chi connectivity index (χ0n) is 14.9. The van der Waals surface area contributed by atoms with Crippen LogP contribution in [0.25, 0.3) is 10.2 Å². The molecule has 0 bridgehead atoms. The second kappa shape index (κ2) is 7.71. The topological polar surface area (TPSA) is 34.0 Å². The number of aromatic nitrogens is 1. The van der Waals surface area contributed by atoms with E-state index in [1.54, 1.807) is 11.3 Å². The number of carbonyl (C=O) groups excluding carboxylic acids is 1. The monoisotopic (exact) mass is 438 g/mol. The molecule has 4 rings (SSSR count). The number of nitrogens with one attached hydrogen (secondary N) is 1. The summed E-state index contributed by atoms with van der Waals surface area (Å²) in [5, 5.41) is 5.21. The van der Waals surface area contributed by atoms with E-state index in [0.29, 0.717) is 12.2 Å². The van der Waals surface area contributed by atoms with Crippen molar-refractivity contribution >= 4 is 43.4 Å². The number of halogens is 1. The molecule has 2 aromatic heterocycles. The fraction of sp³-hybridized carbons (Fsp3) is 0.136. The van der Waals surface area contributed by atoms with E-state index in [-0.39, 0.29) is 11.9 Å². The van der Waals surface area contributed by atoms with Gasteiger partial charge in [0, 0.05) is 11.9 Å². The van der Waals surface area contributed by atoms with E-state index < -0.39 is 0 Å². The molecule has 0 spiro atoms. The van der Waals surface area contributed by atoms with Gasteiger partial charge in [-0.3, -0.25) is 4.79 Å². The lowest BCUT2D eigenvalue weighted by Gasteiger charge is -2.16. The molecule has 136 valence electrons. The van der Waals surface area contributed by atoms with Crippen LogP contribution in [-0.4, -0.2) is 10.5 Å². The van der Waals surface area contributed by atoms with Gasteiger partial charge in [0.15, 0.2) is 0 Å². The van der Waals surface area contributed by atoms with Crippen LogP contribution in [0.2, 0.25) is 0 Å². The molecule has 4 aromatic rings. The maximum Gasteiger partial charge on any atom is 0.268 e. The van der Waals surface area contributed by atoms with Crippen molar-refractivity contribution in [1.29, 1.82) is 0 Å². The third kappa shape index (κ3) is 3.70. The Bertz CT molecular complexity index is 1070. The summed E-state index contributed by atoms with van der Waals surface area (Å²) in [6.07, 6.45) is 0. The Hall–Kier alpha value is -2.37. The number of amides is 1. The molecule has 0 unspecified atom stereocenters. The molecule has 2 heterocycles. The summed E-state index contributed by atoms with van der Waals surface area (Å²) in [5.74, 6) is -0.0578. The average Bonchev–Trinajstić information content (AvgIpc) is 3.24. The normalized spacial score (nSPS) is 12.2. The minimum atomic E-state index is -0.0578. The highest BCUT2D eigenvalue weighted by atomic mass is 79.9. The Morgan fingerprint density at radius 1 is 1.11 bits per heavy atom. The van der Waals surface area contributed by atoms with Crippen molar-refractivity contribution < 1.29 is 4.79 Å². The first-order chi connectivity index (χ1) is 13.1. The molecular formula is C22H19BrN2OS. The molecule has 3 nitrogen and oxygen atoms in total. The van der Waals surface area contributed by atoms with Crippen molar-refractivity contribution in [3.8, 4) is 0 Å². The summed E-state index contributed by atoms with van der Waals surface area (Å²) in [6, 6.07) is 22.2. The number of fused-ring (bicyclic) bond motifs is 1. The van der Waals surface area contributed by atoms with Crippen molar-refractivity contribution in [3.63, 3.8) is 0 Å². The smallest absolute Gasteiger partial charge is 0.268 e. The summed E-state index contributed by atoms with van der Waals surface area (Å²) in [7, 11) is 0. The minimum absolute atomic E-state index is 0.0553. The molecule has 0 aliphatic rings. The molecule has 0 aliphatic heterocycles. The number of nitrogens with zero attached hydrogens (tertiary/aromatic N) is 1. The lowest BCUT2D eigenvalue weighted by molar-refractivity contribution is 0.0931. The van der Waals surface area contributed by atoms with Crippen LogP contribution in [0.5, 0.6) is 0 Å². The van der Waals surface area contributed by atoms with E-state index >= 15 is 0 Å². The fourth-order valence-corrected chi connectivity index (χ4v) is 4.94. The van der Waals surface area contributed by atoms with Crippen molar-refractivity contribution in [1.82, 2.24) is 9.88 Å². The zero-order chi connectivity index (χ0) is 18.8. The zero-order valence-corrected chi connectivity index (χ0v) is 17.3. The molecule has 27 heavy (non-hydrogen) atoms. The van der Waals surface area contributed by atoms with Crippen molar-refractivity contribution in [2.45, 2.75) is 19.5 Å². The molecule has 0 saturated carbocycles. The molecule has 1 N–H and O–H groups in total. The molecule has 1 atom stereocenters. The van der Waals surface area contributed by atoms with Gasteiger partial charge in [0.1, 0.15) is 5.69 Å². The van der Waals surface area contributed by atoms with E-state index in [1.807, 2.05) is 61.5 Å². The van der Waals surface area contributed by atoms with Crippen LogP contribution >= 0.6 is 27.3 Å². The molecule has 2 aromatic carbocycles. The van der Waals surface area contributed by atoms with Crippen molar-refractivity contribution in [2.75, 3.05) is 0 Å². The number of hydrogen-bond donors (Lipinski definition) is 1. The van der Waals surface area contributed by atoms with E-state index in [2.05, 4.69) is 43.3 Å². The number of carbonyl (C=O) groups is 1. The predicted molar refractivity (Wildman–Crippen MR) is 115 cm³/mol. The molecule has 1 amide bonds. The standard InChI is InChI=1S/C22H19BrN2OS/c1-15(17-10-6-3-7-11-17)24-22(26)19-12-20-21(18(23)14-27-20)25(19)13-16-8-4-2-5-9-16/h2-12,14-15H,13H2,1H3,(H,24,26)/t15-/m0/s1. The fourth-order valence-electron chi connectivity index (χ4n) is 3.25. The maximum absolute atomic E-state index is 13.1. The highest BCUT2D eigenvalue weighted by Crippen LogP contribution is 2.34. The highest BCUT2D eigenvalue weighted by Gasteiger charge is 2.20. The van der Waals surface area contributed by atoms with Crippen LogP contribution in [0.3, 0.4) is 0 Å². The SMILES string of the molecule is C[C@H](NC(=O)c1cc2scc(Br)c2n1Cc1ccccc1)c1ccccc1. The Morgan fingerprint density at radius 2 is 1.78 bits per heavy atom. The van der Waals surface area contributed by atoms with Gasteiger partial charge in [-0.25, -0.2) is 0 Å². The third-order valence-electron chi connectivity index (χ3n) is 4.64. The quantitative estimate of drug-likeness (QED) is 0.406. The van der Waals surface area contributed by atoms with Gasteiger partial charge in [0.25, 0.3) is 5.91 Å². The lowest BCUT2D eigenvalue weighted by atomic mass is 10.1. The molecule has 0 radical (unpaired) electrons. The number of hydrogen-bond acceptors (Lipinski definition) is 2. The third-order valence-corrected chi connectivity index (χ3v) is 6.47. The van der Waals surface area contributed by atoms with E-state index in [1.165, 1.54) is 5.56 Å². The van der Waals surface area contributed by atoms with E-state index in [4.69, 9.17) is 0 Å². The number of thiophene rings is 1. The Morgan fingerprint density at radius 3 is 2.48 bits per heavy atom. The van der Waals surface area contributed by atoms with Gasteiger partial charge in [0.2, 0.25) is 0 Å². The van der Waals surface area contributed by atoms with Gasteiger partial charge >= 0.3 is 0 Å². The van der Waals surface area contributed by atoms with Crippen molar-refractivity contribution in [2.24, 2.45) is 0 Å². The van der Waals surface area contributed by atoms with E-state index in [9.17, 15) is 4.79 Å². The highest BCUT2D eigenvalue weighted by molar-refractivity contribution is 9.10. The molecular weight excluding hydrogens is 420 g/mol. The summed E-state index contributed by atoms with van der Waals surface area (Å²) < 4.78 is 4.22. The van der Waals surface area contributed by atoms with Crippen LogP contribution in [-0.2, 0) is 6.54 Å².